The Morgan fingerprint density at radius 1 is 0.824 bits per heavy atom. The second-order valence-corrected chi connectivity index (χ2v) is 9.28. The molecule has 2 saturated carbocycles. The van der Waals surface area contributed by atoms with Gasteiger partial charge >= 0.3 is 24.3 Å². The SMILES string of the molecule is CC(CC#CC1CC1)(CC(F)(F)F)C(=O)O.CCOC(=O)C(C)(CC#CC1CC1)CC(F)(F)F. The third kappa shape index (κ3) is 12.2. The smallest absolute Gasteiger partial charge is 0.390 e. The summed E-state index contributed by atoms with van der Waals surface area (Å²) >= 11 is 0. The van der Waals surface area contributed by atoms with Crippen molar-refractivity contribution >= 4 is 11.9 Å². The van der Waals surface area contributed by atoms with Crippen molar-refractivity contribution in [3.63, 3.8) is 0 Å². The van der Waals surface area contributed by atoms with Crippen molar-refractivity contribution in [2.45, 2.75) is 84.5 Å². The number of carbonyl (C=O) groups excluding carboxylic acids is 1. The van der Waals surface area contributed by atoms with Crippen molar-refractivity contribution in [3.8, 4) is 23.7 Å². The van der Waals surface area contributed by atoms with E-state index in [4.69, 9.17) is 9.84 Å². The Kier molecular flexibility index (Phi) is 10.4. The lowest BCUT2D eigenvalue weighted by molar-refractivity contribution is -0.180. The highest BCUT2D eigenvalue weighted by molar-refractivity contribution is 5.77. The number of hydrogen-bond donors (Lipinski definition) is 1. The number of hydrogen-bond acceptors (Lipinski definition) is 3. The summed E-state index contributed by atoms with van der Waals surface area (Å²) in [6.45, 7) is 3.99. The normalized spacial score (nSPS) is 19.0. The van der Waals surface area contributed by atoms with E-state index in [0.29, 0.717) is 5.92 Å². The third-order valence-electron chi connectivity index (χ3n) is 5.19. The second kappa shape index (κ2) is 11.9. The lowest BCUT2D eigenvalue weighted by Crippen LogP contribution is -2.34. The first kappa shape index (κ1) is 29.7. The monoisotopic (exact) mass is 496 g/mol. The number of alkyl halides is 6. The molecule has 0 aromatic rings. The average molecular weight is 496 g/mol. The van der Waals surface area contributed by atoms with Gasteiger partial charge in [-0.1, -0.05) is 11.8 Å². The van der Waals surface area contributed by atoms with Crippen LogP contribution in [0.1, 0.15) is 72.1 Å². The van der Waals surface area contributed by atoms with Gasteiger partial charge in [0.15, 0.2) is 0 Å². The van der Waals surface area contributed by atoms with Gasteiger partial charge in [-0.25, -0.2) is 0 Å². The number of carbonyl (C=O) groups is 2. The first-order valence-electron chi connectivity index (χ1n) is 11.0. The zero-order valence-electron chi connectivity index (χ0n) is 19.5. The summed E-state index contributed by atoms with van der Waals surface area (Å²) in [5.41, 5.74) is -3.43. The molecule has 2 unspecified atom stereocenters. The molecule has 0 heterocycles. The van der Waals surface area contributed by atoms with Crippen molar-refractivity contribution in [1.29, 1.82) is 0 Å². The van der Waals surface area contributed by atoms with Crippen LogP contribution in [0.25, 0.3) is 0 Å². The molecule has 4 nitrogen and oxygen atoms in total. The Hall–Kier alpha value is -2.36. The number of carboxylic acids is 1. The Morgan fingerprint density at radius 3 is 1.53 bits per heavy atom. The molecule has 10 heteroatoms. The highest BCUT2D eigenvalue weighted by Gasteiger charge is 2.45. The molecule has 0 saturated heterocycles. The first-order chi connectivity index (χ1) is 15.5. The van der Waals surface area contributed by atoms with Crippen LogP contribution in [0.4, 0.5) is 26.3 Å². The van der Waals surface area contributed by atoms with E-state index in [1.54, 1.807) is 6.92 Å². The van der Waals surface area contributed by atoms with E-state index in [-0.39, 0.29) is 25.4 Å². The summed E-state index contributed by atoms with van der Waals surface area (Å²) in [6, 6.07) is 0. The Bertz CT molecular complexity index is 834. The maximum Gasteiger partial charge on any atom is 0.390 e. The molecular formula is C24H30F6O4. The zero-order valence-corrected chi connectivity index (χ0v) is 19.5. The number of carboxylic acid groups (broad SMARTS) is 1. The molecule has 2 aliphatic carbocycles. The highest BCUT2D eigenvalue weighted by Crippen LogP contribution is 2.38. The van der Waals surface area contributed by atoms with Crippen LogP contribution >= 0.6 is 0 Å². The standard InChI is InChI=1S/C13H17F3O2.C11H13F3O2/c1-3-18-11(17)12(2,9-13(14,15)16)8-4-5-10-6-7-10;1-10(9(15)16,7-11(12,13)14)6-2-3-8-4-5-8/h10H,3,6-9H2,1-2H3;8H,4-7H2,1H3,(H,15,16). The van der Waals surface area contributed by atoms with Gasteiger partial charge in [0.05, 0.1) is 30.3 Å². The molecule has 2 rings (SSSR count). The van der Waals surface area contributed by atoms with E-state index >= 15 is 0 Å². The van der Waals surface area contributed by atoms with Gasteiger partial charge in [-0.05, 0) is 46.5 Å². The molecule has 0 aliphatic heterocycles. The van der Waals surface area contributed by atoms with Crippen molar-refractivity contribution in [1.82, 2.24) is 0 Å². The quantitative estimate of drug-likeness (QED) is 0.261. The van der Waals surface area contributed by atoms with Crippen LogP contribution in [-0.2, 0) is 14.3 Å². The van der Waals surface area contributed by atoms with Gasteiger partial charge in [0, 0.05) is 24.7 Å². The van der Waals surface area contributed by atoms with Crippen LogP contribution in [0.2, 0.25) is 0 Å². The van der Waals surface area contributed by atoms with Gasteiger partial charge in [0.2, 0.25) is 0 Å². The number of rotatable bonds is 7. The predicted molar refractivity (Wildman–Crippen MR) is 112 cm³/mol. The highest BCUT2D eigenvalue weighted by atomic mass is 19.4. The molecule has 34 heavy (non-hydrogen) atoms. The van der Waals surface area contributed by atoms with Gasteiger partial charge in [0.1, 0.15) is 0 Å². The Balaban J connectivity index is 0.000000342. The third-order valence-corrected chi connectivity index (χ3v) is 5.19. The molecule has 1 N–H and O–H groups in total. The minimum Gasteiger partial charge on any atom is -0.481 e. The van der Waals surface area contributed by atoms with Crippen molar-refractivity contribution in [2.75, 3.05) is 6.61 Å². The summed E-state index contributed by atoms with van der Waals surface area (Å²) < 4.78 is 78.8. The molecule has 2 aliphatic rings. The fraction of sp³-hybridized carbons (Fsp3) is 0.750. The van der Waals surface area contributed by atoms with Gasteiger partial charge in [-0.2, -0.15) is 26.3 Å². The fourth-order valence-corrected chi connectivity index (χ4v) is 2.85. The summed E-state index contributed by atoms with van der Waals surface area (Å²) in [6.07, 6.45) is -7.83. The van der Waals surface area contributed by atoms with Gasteiger partial charge < -0.3 is 9.84 Å². The van der Waals surface area contributed by atoms with Crippen LogP contribution in [0.3, 0.4) is 0 Å². The largest absolute Gasteiger partial charge is 0.481 e. The summed E-state index contributed by atoms with van der Waals surface area (Å²) in [7, 11) is 0. The fourth-order valence-electron chi connectivity index (χ4n) is 2.85. The molecule has 2 atom stereocenters. The van der Waals surface area contributed by atoms with E-state index in [0.717, 1.165) is 32.6 Å². The summed E-state index contributed by atoms with van der Waals surface area (Å²) in [4.78, 5) is 22.5. The van der Waals surface area contributed by atoms with Crippen LogP contribution < -0.4 is 0 Å². The first-order valence-corrected chi connectivity index (χ1v) is 11.0. The van der Waals surface area contributed by atoms with Gasteiger partial charge in [-0.3, -0.25) is 9.59 Å². The molecule has 192 valence electrons. The van der Waals surface area contributed by atoms with E-state index in [2.05, 4.69) is 23.7 Å². The van der Waals surface area contributed by atoms with Gasteiger partial charge in [0.25, 0.3) is 0 Å². The van der Waals surface area contributed by atoms with Crippen LogP contribution in [0.5, 0.6) is 0 Å². The van der Waals surface area contributed by atoms with E-state index in [1.165, 1.54) is 6.92 Å². The Morgan fingerprint density at radius 2 is 1.21 bits per heavy atom. The van der Waals surface area contributed by atoms with Crippen LogP contribution in [-0.4, -0.2) is 36.0 Å². The van der Waals surface area contributed by atoms with E-state index in [1.807, 2.05) is 0 Å². The topological polar surface area (TPSA) is 63.6 Å². The molecule has 0 amide bonds. The predicted octanol–water partition coefficient (Wildman–Crippen LogP) is 6.14. The molecule has 0 radical (unpaired) electrons. The van der Waals surface area contributed by atoms with Crippen LogP contribution in [0.15, 0.2) is 0 Å². The molecule has 2 fully saturated rings. The van der Waals surface area contributed by atoms with Gasteiger partial charge in [-0.15, -0.1) is 11.8 Å². The van der Waals surface area contributed by atoms with Crippen molar-refractivity contribution in [2.24, 2.45) is 22.7 Å². The van der Waals surface area contributed by atoms with Crippen molar-refractivity contribution < 1.29 is 45.8 Å². The van der Waals surface area contributed by atoms with E-state index < -0.39 is 48.0 Å². The molecular weight excluding hydrogens is 466 g/mol. The average Bonchev–Trinajstić information content (AvgIpc) is 3.55. The summed E-state index contributed by atoms with van der Waals surface area (Å²) in [5.74, 6) is 9.20. The van der Waals surface area contributed by atoms with Crippen LogP contribution in [0, 0.1) is 46.3 Å². The Labute approximate surface area is 195 Å². The second-order valence-electron chi connectivity index (χ2n) is 9.28. The minimum atomic E-state index is -4.48. The zero-order chi connectivity index (χ0) is 26.2. The maximum atomic E-state index is 12.5. The number of aliphatic carboxylic acids is 1. The van der Waals surface area contributed by atoms with Crippen molar-refractivity contribution in [3.05, 3.63) is 0 Å². The lowest BCUT2D eigenvalue weighted by Gasteiger charge is -2.26. The molecule has 0 aromatic carbocycles. The maximum absolute atomic E-state index is 12.5. The lowest BCUT2D eigenvalue weighted by atomic mass is 9.83. The molecule has 0 spiro atoms. The number of ether oxygens (including phenoxy) is 1. The minimum absolute atomic E-state index is 0.0718. The summed E-state index contributed by atoms with van der Waals surface area (Å²) in [5, 5.41) is 8.81. The molecule has 0 aromatic heterocycles. The number of esters is 1. The molecule has 0 bridgehead atoms. The number of halogens is 6. The van der Waals surface area contributed by atoms with E-state index in [9.17, 15) is 35.9 Å².